The third-order valence-electron chi connectivity index (χ3n) is 3.87. The Bertz CT molecular complexity index is 648. The third kappa shape index (κ3) is 2.40. The van der Waals surface area contributed by atoms with Crippen LogP contribution in [0.3, 0.4) is 0 Å². The molecule has 1 aromatic carbocycles. The number of hydrogen-bond acceptors (Lipinski definition) is 1. The molecule has 20 heavy (non-hydrogen) atoms. The zero-order valence-corrected chi connectivity index (χ0v) is 13.0. The summed E-state index contributed by atoms with van der Waals surface area (Å²) in [6.45, 7) is 2.82. The summed E-state index contributed by atoms with van der Waals surface area (Å²) in [6.07, 6.45) is 3.97. The number of fused-ring (bicyclic) bond motifs is 1. The van der Waals surface area contributed by atoms with Gasteiger partial charge in [0.2, 0.25) is 0 Å². The summed E-state index contributed by atoms with van der Waals surface area (Å²) in [7, 11) is 0. The van der Waals surface area contributed by atoms with Crippen LogP contribution in [0.15, 0.2) is 41.0 Å². The third-order valence-corrected chi connectivity index (χ3v) is 4.31. The Kier molecular flexibility index (Phi) is 3.66. The molecule has 1 aromatic heterocycles. The van der Waals surface area contributed by atoms with E-state index in [0.29, 0.717) is 5.69 Å². The molecule has 0 spiro atoms. The minimum atomic E-state index is -0.000692. The fraction of sp³-hybridized carbons (Fsp3) is 0.312. The van der Waals surface area contributed by atoms with E-state index in [1.54, 1.807) is 0 Å². The van der Waals surface area contributed by atoms with Crippen molar-refractivity contribution in [2.24, 2.45) is 0 Å². The molecule has 1 aliphatic carbocycles. The van der Waals surface area contributed by atoms with Gasteiger partial charge in [0.05, 0.1) is 6.04 Å². The number of nitrogens with zero attached hydrogens (tertiary/aromatic N) is 1. The second-order valence-corrected chi connectivity index (χ2v) is 6.01. The molecular formula is C16H17BrN2O. The number of carbonyl (C=O) groups is 1. The number of hydrogen-bond donors (Lipinski definition) is 1. The van der Waals surface area contributed by atoms with Crippen LogP contribution in [0.5, 0.6) is 0 Å². The van der Waals surface area contributed by atoms with Gasteiger partial charge in [-0.1, -0.05) is 24.3 Å². The minimum Gasteiger partial charge on any atom is -0.344 e. The van der Waals surface area contributed by atoms with Crippen molar-refractivity contribution >= 4 is 21.8 Å². The molecule has 1 unspecified atom stereocenters. The van der Waals surface area contributed by atoms with Gasteiger partial charge >= 0.3 is 0 Å². The first-order valence-electron chi connectivity index (χ1n) is 6.93. The van der Waals surface area contributed by atoms with Crippen LogP contribution in [0.1, 0.15) is 41.0 Å². The second-order valence-electron chi connectivity index (χ2n) is 5.09. The molecule has 0 fully saturated rings. The number of rotatable bonds is 3. The average molecular weight is 333 g/mol. The molecule has 3 rings (SSSR count). The lowest BCUT2D eigenvalue weighted by molar-refractivity contribution is 0.0927. The number of aryl methyl sites for hydroxylation is 2. The SMILES string of the molecule is CCn1cc(Br)cc1C(=O)NC1CCc2ccccc21. The Labute approximate surface area is 127 Å². The summed E-state index contributed by atoms with van der Waals surface area (Å²) in [5.41, 5.74) is 3.32. The molecule has 3 nitrogen and oxygen atoms in total. The molecule has 0 bridgehead atoms. The second kappa shape index (κ2) is 5.44. The van der Waals surface area contributed by atoms with Gasteiger partial charge in [0.1, 0.15) is 5.69 Å². The summed E-state index contributed by atoms with van der Waals surface area (Å²) in [4.78, 5) is 12.5. The summed E-state index contributed by atoms with van der Waals surface area (Å²) >= 11 is 3.43. The van der Waals surface area contributed by atoms with E-state index in [1.165, 1.54) is 11.1 Å². The summed E-state index contributed by atoms with van der Waals surface area (Å²) < 4.78 is 2.90. The molecule has 104 valence electrons. The van der Waals surface area contributed by atoms with Crippen LogP contribution in [-0.4, -0.2) is 10.5 Å². The van der Waals surface area contributed by atoms with Crippen LogP contribution in [0, 0.1) is 0 Å². The van der Waals surface area contributed by atoms with E-state index < -0.39 is 0 Å². The van der Waals surface area contributed by atoms with Gasteiger partial charge in [-0.2, -0.15) is 0 Å². The Morgan fingerprint density at radius 3 is 3.05 bits per heavy atom. The van der Waals surface area contributed by atoms with Crippen molar-refractivity contribution < 1.29 is 4.79 Å². The van der Waals surface area contributed by atoms with E-state index in [2.05, 4.69) is 39.4 Å². The largest absolute Gasteiger partial charge is 0.344 e. The van der Waals surface area contributed by atoms with Crippen molar-refractivity contribution in [3.63, 3.8) is 0 Å². The van der Waals surface area contributed by atoms with Crippen LogP contribution >= 0.6 is 15.9 Å². The van der Waals surface area contributed by atoms with E-state index in [9.17, 15) is 4.79 Å². The number of halogens is 1. The summed E-state index contributed by atoms with van der Waals surface area (Å²) in [6, 6.07) is 10.4. The van der Waals surface area contributed by atoms with E-state index in [4.69, 9.17) is 0 Å². The van der Waals surface area contributed by atoms with Crippen molar-refractivity contribution in [2.45, 2.75) is 32.4 Å². The van der Waals surface area contributed by atoms with Crippen molar-refractivity contribution in [1.29, 1.82) is 0 Å². The molecule has 0 aliphatic heterocycles. The average Bonchev–Trinajstić information content (AvgIpc) is 3.03. The molecular weight excluding hydrogens is 316 g/mol. The molecule has 4 heteroatoms. The van der Waals surface area contributed by atoms with Gasteiger partial charge < -0.3 is 9.88 Å². The predicted molar refractivity (Wildman–Crippen MR) is 82.8 cm³/mol. The monoisotopic (exact) mass is 332 g/mol. The highest BCUT2D eigenvalue weighted by atomic mass is 79.9. The number of nitrogens with one attached hydrogen (secondary N) is 1. The van der Waals surface area contributed by atoms with Crippen molar-refractivity contribution in [3.8, 4) is 0 Å². The first-order chi connectivity index (χ1) is 9.69. The van der Waals surface area contributed by atoms with E-state index in [0.717, 1.165) is 23.9 Å². The fourth-order valence-electron chi connectivity index (χ4n) is 2.87. The molecule has 1 N–H and O–H groups in total. The Hall–Kier alpha value is -1.55. The molecule has 0 saturated heterocycles. The van der Waals surface area contributed by atoms with Gasteiger partial charge in [-0.25, -0.2) is 0 Å². The number of amides is 1. The molecule has 1 heterocycles. The predicted octanol–water partition coefficient (Wildman–Crippen LogP) is 3.69. The van der Waals surface area contributed by atoms with Gasteiger partial charge in [-0.05, 0) is 52.9 Å². The zero-order chi connectivity index (χ0) is 14.1. The maximum atomic E-state index is 12.5. The van der Waals surface area contributed by atoms with Gasteiger partial charge in [-0.3, -0.25) is 4.79 Å². The van der Waals surface area contributed by atoms with Crippen LogP contribution < -0.4 is 5.32 Å². The molecule has 1 amide bonds. The molecule has 0 saturated carbocycles. The van der Waals surface area contributed by atoms with E-state index >= 15 is 0 Å². The Morgan fingerprint density at radius 1 is 1.45 bits per heavy atom. The smallest absolute Gasteiger partial charge is 0.268 e. The highest BCUT2D eigenvalue weighted by Crippen LogP contribution is 2.31. The topological polar surface area (TPSA) is 34.0 Å². The molecule has 2 aromatic rings. The first-order valence-corrected chi connectivity index (χ1v) is 7.72. The zero-order valence-electron chi connectivity index (χ0n) is 11.4. The van der Waals surface area contributed by atoms with E-state index in [-0.39, 0.29) is 11.9 Å². The quantitative estimate of drug-likeness (QED) is 0.913. The normalized spacial score (nSPS) is 17.0. The lowest BCUT2D eigenvalue weighted by Crippen LogP contribution is -2.28. The van der Waals surface area contributed by atoms with Crippen LogP contribution in [0.2, 0.25) is 0 Å². The van der Waals surface area contributed by atoms with Gasteiger partial charge in [0.15, 0.2) is 0 Å². The van der Waals surface area contributed by atoms with Crippen LogP contribution in [0.4, 0.5) is 0 Å². The Morgan fingerprint density at radius 2 is 2.25 bits per heavy atom. The number of benzene rings is 1. The highest BCUT2D eigenvalue weighted by molar-refractivity contribution is 9.10. The van der Waals surface area contributed by atoms with E-state index in [1.807, 2.05) is 29.8 Å². The van der Waals surface area contributed by atoms with Crippen molar-refractivity contribution in [3.05, 3.63) is 57.8 Å². The van der Waals surface area contributed by atoms with Gasteiger partial charge in [0, 0.05) is 17.2 Å². The minimum absolute atomic E-state index is 0.000692. The van der Waals surface area contributed by atoms with Crippen LogP contribution in [0.25, 0.3) is 0 Å². The maximum absolute atomic E-state index is 12.5. The molecule has 1 atom stereocenters. The van der Waals surface area contributed by atoms with Gasteiger partial charge in [-0.15, -0.1) is 0 Å². The summed E-state index contributed by atoms with van der Waals surface area (Å²) in [5, 5.41) is 3.16. The lowest BCUT2D eigenvalue weighted by Gasteiger charge is -2.15. The van der Waals surface area contributed by atoms with Gasteiger partial charge in [0.25, 0.3) is 5.91 Å². The standard InChI is InChI=1S/C16H17BrN2O/c1-2-19-10-12(17)9-15(19)16(20)18-14-8-7-11-5-3-4-6-13(11)14/h3-6,9-10,14H,2,7-8H2,1H3,(H,18,20). The maximum Gasteiger partial charge on any atom is 0.268 e. The highest BCUT2D eigenvalue weighted by Gasteiger charge is 2.24. The fourth-order valence-corrected chi connectivity index (χ4v) is 3.33. The van der Waals surface area contributed by atoms with Crippen molar-refractivity contribution in [2.75, 3.05) is 0 Å². The number of carbonyl (C=O) groups excluding carboxylic acids is 1. The lowest BCUT2D eigenvalue weighted by atomic mass is 10.1. The molecule has 1 aliphatic rings. The summed E-state index contributed by atoms with van der Waals surface area (Å²) in [5.74, 6) is -0.000692. The van der Waals surface area contributed by atoms with Crippen LogP contribution in [-0.2, 0) is 13.0 Å². The molecule has 0 radical (unpaired) electrons. The van der Waals surface area contributed by atoms with Crippen molar-refractivity contribution in [1.82, 2.24) is 9.88 Å². The Balaban J connectivity index is 1.80. The number of aromatic nitrogens is 1. The first kappa shape index (κ1) is 13.4.